The van der Waals surface area contributed by atoms with Crippen molar-refractivity contribution in [1.29, 1.82) is 5.26 Å². The lowest BCUT2D eigenvalue weighted by molar-refractivity contribution is 0.264. The van der Waals surface area contributed by atoms with E-state index in [0.29, 0.717) is 6.42 Å². The van der Waals surface area contributed by atoms with E-state index >= 15 is 0 Å². The van der Waals surface area contributed by atoms with Gasteiger partial charge in [-0.3, -0.25) is 0 Å². The van der Waals surface area contributed by atoms with Crippen molar-refractivity contribution in [3.05, 3.63) is 22.2 Å². The third-order valence-electron chi connectivity index (χ3n) is 2.58. The van der Waals surface area contributed by atoms with E-state index in [4.69, 9.17) is 38.3 Å². The molecule has 8 heteroatoms. The first-order valence-electron chi connectivity index (χ1n) is 5.63. The number of nitrogens with two attached hydrogens (primary N) is 1. The van der Waals surface area contributed by atoms with Gasteiger partial charge in [-0.15, -0.1) is 0 Å². The number of rotatable bonds is 5. The van der Waals surface area contributed by atoms with E-state index in [0.717, 1.165) is 0 Å². The SMILES string of the molecule is CC(C)(C#N)CCOc1c(Cl)cc(S(N)(=O)=O)cc1Cl. The van der Waals surface area contributed by atoms with E-state index in [1.54, 1.807) is 13.8 Å². The molecule has 0 radical (unpaired) electrons. The lowest BCUT2D eigenvalue weighted by Gasteiger charge is -2.16. The molecule has 20 heavy (non-hydrogen) atoms. The van der Waals surface area contributed by atoms with Crippen LogP contribution < -0.4 is 9.88 Å². The first-order valence-corrected chi connectivity index (χ1v) is 7.93. The van der Waals surface area contributed by atoms with Crippen LogP contribution in [0, 0.1) is 16.7 Å². The number of benzene rings is 1. The average molecular weight is 337 g/mol. The highest BCUT2D eigenvalue weighted by atomic mass is 35.5. The highest BCUT2D eigenvalue weighted by Crippen LogP contribution is 2.35. The fraction of sp³-hybridized carbons (Fsp3) is 0.417. The van der Waals surface area contributed by atoms with Crippen molar-refractivity contribution in [3.63, 3.8) is 0 Å². The van der Waals surface area contributed by atoms with Gasteiger partial charge < -0.3 is 4.74 Å². The maximum absolute atomic E-state index is 11.2. The number of hydrogen-bond acceptors (Lipinski definition) is 4. The normalized spacial score (nSPS) is 12.0. The molecule has 1 rings (SSSR count). The second-order valence-corrected chi connectivity index (χ2v) is 7.23. The van der Waals surface area contributed by atoms with Gasteiger partial charge in [-0.05, 0) is 32.4 Å². The second kappa shape index (κ2) is 6.19. The summed E-state index contributed by atoms with van der Waals surface area (Å²) in [5.74, 6) is 0.175. The lowest BCUT2D eigenvalue weighted by Crippen LogP contribution is -2.14. The molecule has 0 bridgehead atoms. The summed E-state index contributed by atoms with van der Waals surface area (Å²) in [5, 5.41) is 14.0. The third-order valence-corrected chi connectivity index (χ3v) is 4.03. The summed E-state index contributed by atoms with van der Waals surface area (Å²) in [6, 6.07) is 4.49. The van der Waals surface area contributed by atoms with E-state index in [1.807, 2.05) is 0 Å². The summed E-state index contributed by atoms with van der Waals surface area (Å²) >= 11 is 11.9. The van der Waals surface area contributed by atoms with Crippen molar-refractivity contribution in [2.45, 2.75) is 25.2 Å². The molecule has 0 aromatic heterocycles. The Balaban J connectivity index is 2.91. The molecular formula is C12H14Cl2N2O3S. The Morgan fingerprint density at radius 2 is 1.85 bits per heavy atom. The van der Waals surface area contributed by atoms with Gasteiger partial charge in [-0.25, -0.2) is 13.6 Å². The molecule has 0 amide bonds. The van der Waals surface area contributed by atoms with Gasteiger partial charge >= 0.3 is 0 Å². The van der Waals surface area contributed by atoms with Crippen LogP contribution in [0.15, 0.2) is 17.0 Å². The molecule has 0 saturated carbocycles. The molecule has 0 unspecified atom stereocenters. The van der Waals surface area contributed by atoms with Gasteiger partial charge in [0.15, 0.2) is 5.75 Å². The van der Waals surface area contributed by atoms with Gasteiger partial charge in [0.1, 0.15) is 0 Å². The summed E-state index contributed by atoms with van der Waals surface area (Å²) in [4.78, 5) is -0.183. The predicted octanol–water partition coefficient (Wildman–Crippen LogP) is 2.96. The zero-order valence-corrected chi connectivity index (χ0v) is 13.3. The summed E-state index contributed by atoms with van der Waals surface area (Å²) in [5.41, 5.74) is -0.528. The summed E-state index contributed by atoms with van der Waals surface area (Å²) in [6.07, 6.45) is 0.479. The predicted molar refractivity (Wildman–Crippen MR) is 77.3 cm³/mol. The molecule has 2 N–H and O–H groups in total. The van der Waals surface area contributed by atoms with Gasteiger partial charge in [0.2, 0.25) is 10.0 Å². The van der Waals surface area contributed by atoms with Gasteiger partial charge in [-0.2, -0.15) is 5.26 Å². The van der Waals surface area contributed by atoms with Crippen LogP contribution in [0.1, 0.15) is 20.3 Å². The van der Waals surface area contributed by atoms with Crippen LogP contribution in [0.4, 0.5) is 0 Å². The zero-order valence-electron chi connectivity index (χ0n) is 11.0. The Kier molecular flexibility index (Phi) is 5.27. The van der Waals surface area contributed by atoms with Crippen LogP contribution in [0.2, 0.25) is 10.0 Å². The van der Waals surface area contributed by atoms with Gasteiger partial charge in [0, 0.05) is 0 Å². The van der Waals surface area contributed by atoms with E-state index < -0.39 is 15.4 Å². The number of sulfonamides is 1. The standard InChI is InChI=1S/C12H14Cl2N2O3S/c1-12(2,7-15)3-4-19-11-9(13)5-8(6-10(11)14)20(16,17)18/h5-6H,3-4H2,1-2H3,(H2,16,17,18). The van der Waals surface area contributed by atoms with Crippen LogP contribution in [0.25, 0.3) is 0 Å². The number of nitriles is 1. The van der Waals surface area contributed by atoms with E-state index in [-0.39, 0.29) is 27.3 Å². The van der Waals surface area contributed by atoms with Crippen molar-refractivity contribution in [1.82, 2.24) is 0 Å². The fourth-order valence-corrected chi connectivity index (χ4v) is 2.59. The molecule has 1 aromatic rings. The smallest absolute Gasteiger partial charge is 0.238 e. The van der Waals surface area contributed by atoms with Crippen LogP contribution in [-0.2, 0) is 10.0 Å². The van der Waals surface area contributed by atoms with E-state index in [2.05, 4.69) is 6.07 Å². The Labute approximate surface area is 128 Å². The third kappa shape index (κ3) is 4.53. The van der Waals surface area contributed by atoms with Gasteiger partial charge in [-0.1, -0.05) is 23.2 Å². The Bertz CT molecular complexity index is 628. The number of primary sulfonamides is 1. The van der Waals surface area contributed by atoms with Gasteiger partial charge in [0.05, 0.1) is 33.0 Å². The van der Waals surface area contributed by atoms with Crippen molar-refractivity contribution in [3.8, 4) is 11.8 Å². The molecule has 0 heterocycles. The highest BCUT2D eigenvalue weighted by molar-refractivity contribution is 7.89. The molecule has 0 fully saturated rings. The highest BCUT2D eigenvalue weighted by Gasteiger charge is 2.19. The van der Waals surface area contributed by atoms with Crippen molar-refractivity contribution >= 4 is 33.2 Å². The van der Waals surface area contributed by atoms with Gasteiger partial charge in [0.25, 0.3) is 0 Å². The molecule has 0 aliphatic rings. The Hall–Kier alpha value is -1.00. The summed E-state index contributed by atoms with van der Waals surface area (Å²) < 4.78 is 27.9. The minimum Gasteiger partial charge on any atom is -0.490 e. The second-order valence-electron chi connectivity index (χ2n) is 4.86. The quantitative estimate of drug-likeness (QED) is 0.894. The first kappa shape index (κ1) is 17.1. The number of ether oxygens (including phenoxy) is 1. The molecule has 0 atom stereocenters. The van der Waals surface area contributed by atoms with Crippen molar-refractivity contribution in [2.75, 3.05) is 6.61 Å². The number of hydrogen-bond donors (Lipinski definition) is 1. The molecule has 0 aliphatic carbocycles. The zero-order chi connectivity index (χ0) is 15.6. The summed E-state index contributed by atoms with van der Waals surface area (Å²) in [7, 11) is -3.88. The van der Waals surface area contributed by atoms with Crippen LogP contribution >= 0.6 is 23.2 Å². The number of nitrogens with zero attached hydrogens (tertiary/aromatic N) is 1. The minimum atomic E-state index is -3.88. The molecule has 0 spiro atoms. The van der Waals surface area contributed by atoms with Crippen LogP contribution in [0.3, 0.4) is 0 Å². The van der Waals surface area contributed by atoms with E-state index in [9.17, 15) is 8.42 Å². The molecule has 110 valence electrons. The first-order chi connectivity index (χ1) is 9.07. The van der Waals surface area contributed by atoms with Crippen LogP contribution in [0.5, 0.6) is 5.75 Å². The topological polar surface area (TPSA) is 93.2 Å². The lowest BCUT2D eigenvalue weighted by atomic mass is 9.92. The van der Waals surface area contributed by atoms with Crippen LogP contribution in [-0.4, -0.2) is 15.0 Å². The van der Waals surface area contributed by atoms with Crippen molar-refractivity contribution < 1.29 is 13.2 Å². The van der Waals surface area contributed by atoms with Crippen molar-refractivity contribution in [2.24, 2.45) is 10.6 Å². The van der Waals surface area contributed by atoms with E-state index in [1.165, 1.54) is 12.1 Å². The molecule has 0 saturated heterocycles. The minimum absolute atomic E-state index is 0.0521. The fourth-order valence-electron chi connectivity index (χ4n) is 1.30. The maximum Gasteiger partial charge on any atom is 0.238 e. The average Bonchev–Trinajstić information content (AvgIpc) is 2.31. The largest absolute Gasteiger partial charge is 0.490 e. The summed E-state index contributed by atoms with van der Waals surface area (Å²) in [6.45, 7) is 3.79. The number of halogens is 2. The molecule has 5 nitrogen and oxygen atoms in total. The Morgan fingerprint density at radius 1 is 1.35 bits per heavy atom. The maximum atomic E-state index is 11.2. The Morgan fingerprint density at radius 3 is 2.25 bits per heavy atom. The molecule has 0 aliphatic heterocycles. The monoisotopic (exact) mass is 336 g/mol. The molecule has 1 aromatic carbocycles. The molecular weight excluding hydrogens is 323 g/mol.